The van der Waals surface area contributed by atoms with Gasteiger partial charge in [-0.05, 0) is 30.9 Å². The maximum atomic E-state index is 14.6. The van der Waals surface area contributed by atoms with Gasteiger partial charge in [-0.25, -0.2) is 0 Å². The van der Waals surface area contributed by atoms with E-state index in [0.29, 0.717) is 30.0 Å². The molecule has 5 rings (SSSR count). The van der Waals surface area contributed by atoms with Gasteiger partial charge in [-0.2, -0.15) is 0 Å². The van der Waals surface area contributed by atoms with Crippen molar-refractivity contribution in [2.75, 3.05) is 18.1 Å². The first-order chi connectivity index (χ1) is 15.6. The number of ether oxygens (including phenoxy) is 1. The van der Waals surface area contributed by atoms with Crippen LogP contribution in [0.2, 0.25) is 0 Å². The lowest BCUT2D eigenvalue weighted by molar-refractivity contribution is -0.148. The standard InChI is InChI=1S/C26H24NO4P/c28-24(27-18-15-20-9-7-8-14-23(20)27)19-31-25(29)26(16-17-26)32(30,21-10-3-1-4-11-21)22-12-5-2-6-13-22/h1-14H,15-19H2. The van der Waals surface area contributed by atoms with E-state index in [4.69, 9.17) is 4.74 Å². The van der Waals surface area contributed by atoms with Gasteiger partial charge in [-0.3, -0.25) is 9.59 Å². The highest BCUT2D eigenvalue weighted by Gasteiger charge is 2.65. The van der Waals surface area contributed by atoms with Gasteiger partial charge in [-0.1, -0.05) is 78.9 Å². The molecule has 1 aliphatic heterocycles. The second kappa shape index (κ2) is 8.07. The molecule has 0 aromatic heterocycles. The van der Waals surface area contributed by atoms with Crippen molar-refractivity contribution in [1.82, 2.24) is 0 Å². The predicted molar refractivity (Wildman–Crippen MR) is 125 cm³/mol. The van der Waals surface area contributed by atoms with Gasteiger partial charge in [0.25, 0.3) is 5.91 Å². The molecule has 0 atom stereocenters. The van der Waals surface area contributed by atoms with Crippen molar-refractivity contribution < 1.29 is 18.9 Å². The van der Waals surface area contributed by atoms with E-state index in [0.717, 1.165) is 17.7 Å². The van der Waals surface area contributed by atoms with Crippen LogP contribution in [0.25, 0.3) is 0 Å². The highest BCUT2D eigenvalue weighted by molar-refractivity contribution is 7.81. The van der Waals surface area contributed by atoms with Crippen molar-refractivity contribution >= 4 is 35.3 Å². The average molecular weight is 445 g/mol. The zero-order valence-corrected chi connectivity index (χ0v) is 18.5. The molecule has 1 saturated carbocycles. The van der Waals surface area contributed by atoms with Crippen LogP contribution in [0.4, 0.5) is 5.69 Å². The van der Waals surface area contributed by atoms with E-state index < -0.39 is 18.3 Å². The van der Waals surface area contributed by atoms with Crippen LogP contribution in [0.5, 0.6) is 0 Å². The van der Waals surface area contributed by atoms with E-state index in [9.17, 15) is 14.2 Å². The molecule has 0 spiro atoms. The number of esters is 1. The molecular formula is C26H24NO4P. The summed E-state index contributed by atoms with van der Waals surface area (Å²) >= 11 is 0. The molecular weight excluding hydrogens is 421 g/mol. The van der Waals surface area contributed by atoms with Crippen LogP contribution in [0, 0.1) is 0 Å². The number of carbonyl (C=O) groups excluding carboxylic acids is 2. The maximum absolute atomic E-state index is 14.6. The third-order valence-electron chi connectivity index (χ3n) is 6.46. The van der Waals surface area contributed by atoms with Gasteiger partial charge in [0.05, 0.1) is 0 Å². The number of anilines is 1. The second-order valence-electron chi connectivity index (χ2n) is 8.31. The molecule has 0 saturated heterocycles. The minimum atomic E-state index is -3.31. The summed E-state index contributed by atoms with van der Waals surface area (Å²) in [5.41, 5.74) is 1.98. The molecule has 0 bridgehead atoms. The van der Waals surface area contributed by atoms with Crippen molar-refractivity contribution in [3.63, 3.8) is 0 Å². The summed E-state index contributed by atoms with van der Waals surface area (Å²) in [7, 11) is -3.31. The third-order valence-corrected chi connectivity index (χ3v) is 10.3. The minimum Gasteiger partial charge on any atom is -0.455 e. The van der Waals surface area contributed by atoms with Crippen LogP contribution < -0.4 is 15.5 Å². The zero-order valence-electron chi connectivity index (χ0n) is 17.6. The highest BCUT2D eigenvalue weighted by Crippen LogP contribution is 2.68. The van der Waals surface area contributed by atoms with Crippen molar-refractivity contribution in [2.24, 2.45) is 0 Å². The Labute approximate surface area is 187 Å². The Morgan fingerprint density at radius 1 is 0.844 bits per heavy atom. The van der Waals surface area contributed by atoms with Gasteiger partial charge in [0.15, 0.2) is 13.7 Å². The molecule has 1 heterocycles. The first-order valence-electron chi connectivity index (χ1n) is 10.8. The Morgan fingerprint density at radius 2 is 1.41 bits per heavy atom. The van der Waals surface area contributed by atoms with Crippen LogP contribution in [-0.2, 0) is 25.3 Å². The quantitative estimate of drug-likeness (QED) is 0.429. The van der Waals surface area contributed by atoms with E-state index >= 15 is 0 Å². The number of hydrogen-bond acceptors (Lipinski definition) is 4. The van der Waals surface area contributed by atoms with Crippen molar-refractivity contribution in [3.8, 4) is 0 Å². The zero-order chi connectivity index (χ0) is 22.2. The third kappa shape index (κ3) is 3.28. The summed E-state index contributed by atoms with van der Waals surface area (Å²) in [5.74, 6) is -0.803. The molecule has 1 aliphatic carbocycles. The van der Waals surface area contributed by atoms with Crippen molar-refractivity contribution in [3.05, 3.63) is 90.5 Å². The first kappa shape index (κ1) is 20.7. The number of fused-ring (bicyclic) bond motifs is 1. The fourth-order valence-corrected chi connectivity index (χ4v) is 8.16. The topological polar surface area (TPSA) is 63.7 Å². The Bertz CT molecular complexity index is 1160. The number of amides is 1. The largest absolute Gasteiger partial charge is 0.455 e. The Balaban J connectivity index is 1.39. The second-order valence-corrected chi connectivity index (χ2v) is 11.4. The van der Waals surface area contributed by atoms with Crippen LogP contribution >= 0.6 is 7.14 Å². The summed E-state index contributed by atoms with van der Waals surface area (Å²) < 4.78 is 20.2. The predicted octanol–water partition coefficient (Wildman–Crippen LogP) is 3.67. The fraction of sp³-hybridized carbons (Fsp3) is 0.231. The molecule has 1 fully saturated rings. The lowest BCUT2D eigenvalue weighted by Crippen LogP contribution is -2.38. The molecule has 0 N–H and O–H groups in total. The number of carbonyl (C=O) groups is 2. The van der Waals surface area contributed by atoms with Gasteiger partial charge in [0.2, 0.25) is 0 Å². The molecule has 162 valence electrons. The molecule has 1 amide bonds. The lowest BCUT2D eigenvalue weighted by atomic mass is 10.2. The summed E-state index contributed by atoms with van der Waals surface area (Å²) in [6.07, 6.45) is 1.75. The van der Waals surface area contributed by atoms with E-state index in [-0.39, 0.29) is 12.5 Å². The molecule has 32 heavy (non-hydrogen) atoms. The molecule has 3 aromatic carbocycles. The van der Waals surface area contributed by atoms with Crippen LogP contribution in [0.3, 0.4) is 0 Å². The van der Waals surface area contributed by atoms with Crippen LogP contribution in [-0.4, -0.2) is 30.2 Å². The summed E-state index contributed by atoms with van der Waals surface area (Å²) in [6.45, 7) is 0.228. The molecule has 5 nitrogen and oxygen atoms in total. The first-order valence-corrected chi connectivity index (χ1v) is 12.5. The van der Waals surface area contributed by atoms with Gasteiger partial charge < -0.3 is 14.2 Å². The van der Waals surface area contributed by atoms with Crippen molar-refractivity contribution in [2.45, 2.75) is 24.4 Å². The van der Waals surface area contributed by atoms with E-state index in [1.165, 1.54) is 0 Å². The average Bonchev–Trinajstić information content (AvgIpc) is 3.56. The van der Waals surface area contributed by atoms with Crippen molar-refractivity contribution in [1.29, 1.82) is 0 Å². The monoisotopic (exact) mass is 445 g/mol. The van der Waals surface area contributed by atoms with E-state index in [1.54, 1.807) is 4.90 Å². The van der Waals surface area contributed by atoms with Gasteiger partial charge in [0, 0.05) is 22.8 Å². The lowest BCUT2D eigenvalue weighted by Gasteiger charge is -2.27. The number of rotatable bonds is 6. The number of nitrogens with zero attached hydrogens (tertiary/aromatic N) is 1. The van der Waals surface area contributed by atoms with Gasteiger partial charge in [0.1, 0.15) is 5.16 Å². The van der Waals surface area contributed by atoms with Crippen LogP contribution in [0.15, 0.2) is 84.9 Å². The smallest absolute Gasteiger partial charge is 0.320 e. The SMILES string of the molecule is O=C(COC(=O)C1(P(=O)(c2ccccc2)c2ccccc2)CC1)N1CCc2ccccc21. The summed E-state index contributed by atoms with van der Waals surface area (Å²) in [4.78, 5) is 27.8. The van der Waals surface area contributed by atoms with Crippen LogP contribution in [0.1, 0.15) is 18.4 Å². The van der Waals surface area contributed by atoms with Gasteiger partial charge in [-0.15, -0.1) is 0 Å². The fourth-order valence-electron chi connectivity index (χ4n) is 4.62. The summed E-state index contributed by atoms with van der Waals surface area (Å²) in [6, 6.07) is 26.1. The number of para-hydroxylation sites is 1. The molecule has 0 unspecified atom stereocenters. The normalized spacial score (nSPS) is 16.3. The number of benzene rings is 3. The highest BCUT2D eigenvalue weighted by atomic mass is 31.2. The molecule has 0 radical (unpaired) electrons. The van der Waals surface area contributed by atoms with Gasteiger partial charge >= 0.3 is 5.97 Å². The maximum Gasteiger partial charge on any atom is 0.320 e. The Kier molecular flexibility index (Phi) is 5.22. The summed E-state index contributed by atoms with van der Waals surface area (Å²) in [5, 5.41) is 0.166. The number of hydrogen-bond donors (Lipinski definition) is 0. The molecule has 2 aliphatic rings. The van der Waals surface area contributed by atoms with E-state index in [2.05, 4.69) is 0 Å². The molecule has 3 aromatic rings. The van der Waals surface area contributed by atoms with E-state index in [1.807, 2.05) is 84.9 Å². The minimum absolute atomic E-state index is 0.256. The Morgan fingerprint density at radius 3 is 2.00 bits per heavy atom. The Hall–Kier alpha value is -3.17. The molecule has 6 heteroatoms.